The Morgan fingerprint density at radius 2 is 2.00 bits per heavy atom. The lowest BCUT2D eigenvalue weighted by molar-refractivity contribution is 0.431. The molecule has 0 bridgehead atoms. The normalized spacial score (nSPS) is 10.7. The maximum atomic E-state index is 9.87. The van der Waals surface area contributed by atoms with Crippen LogP contribution in [0.25, 0.3) is 22.8 Å². The average Bonchev–Trinajstić information content (AvgIpc) is 2.91. The molecule has 0 saturated heterocycles. The zero-order chi connectivity index (χ0) is 14.1. The van der Waals surface area contributed by atoms with E-state index in [4.69, 9.17) is 16.1 Å². The van der Waals surface area contributed by atoms with Gasteiger partial charge in [0, 0.05) is 10.6 Å². The molecule has 4 nitrogen and oxygen atoms in total. The van der Waals surface area contributed by atoms with Crippen LogP contribution in [-0.2, 0) is 0 Å². The topological polar surface area (TPSA) is 59.2 Å². The minimum absolute atomic E-state index is 0.119. The summed E-state index contributed by atoms with van der Waals surface area (Å²) in [6, 6.07) is 12.4. The number of hydrogen-bond acceptors (Lipinski definition) is 4. The number of phenols is 1. The van der Waals surface area contributed by atoms with Crippen molar-refractivity contribution < 1.29 is 9.63 Å². The van der Waals surface area contributed by atoms with Crippen LogP contribution in [0, 0.1) is 0 Å². The molecule has 1 heterocycles. The number of aromatic nitrogens is 2. The number of nitrogens with zero attached hydrogens (tertiary/aromatic N) is 2. The molecule has 0 unspecified atom stereocenters. The molecular weight excluding hydrogens is 274 g/mol. The van der Waals surface area contributed by atoms with Crippen molar-refractivity contribution in [3.8, 4) is 28.6 Å². The van der Waals surface area contributed by atoms with Gasteiger partial charge in [0.05, 0.1) is 5.56 Å². The lowest BCUT2D eigenvalue weighted by Gasteiger charge is -2.00. The van der Waals surface area contributed by atoms with Crippen LogP contribution in [-0.4, -0.2) is 23.1 Å². The Kier molecular flexibility index (Phi) is 3.20. The van der Waals surface area contributed by atoms with E-state index in [9.17, 15) is 5.11 Å². The van der Waals surface area contributed by atoms with Crippen LogP contribution in [0.4, 0.5) is 0 Å². The van der Waals surface area contributed by atoms with Crippen LogP contribution in [0.3, 0.4) is 0 Å². The fourth-order valence-corrected chi connectivity index (χ4v) is 2.09. The highest BCUT2D eigenvalue weighted by atomic mass is 35.5. The molecule has 0 atom stereocenters. The fraction of sp³-hybridized carbons (Fsp3) is 0. The highest BCUT2D eigenvalue weighted by molar-refractivity contribution is 6.32. The standard InChI is InChI=1S/C14H10BClN2O2/c15-9-4-5-12(19)11(7-9)13-17-14(20-18-13)8-2-1-3-10(16)6-8/h1-7,19H,15H2. The summed E-state index contributed by atoms with van der Waals surface area (Å²) in [6.07, 6.45) is 0. The summed E-state index contributed by atoms with van der Waals surface area (Å²) in [5, 5.41) is 14.4. The predicted octanol–water partition coefficient (Wildman–Crippen LogP) is 2.02. The second-order valence-electron chi connectivity index (χ2n) is 4.45. The molecule has 0 fully saturated rings. The van der Waals surface area contributed by atoms with E-state index in [0.717, 1.165) is 11.0 Å². The Morgan fingerprint density at radius 3 is 2.80 bits per heavy atom. The van der Waals surface area contributed by atoms with Crippen molar-refractivity contribution in [3.63, 3.8) is 0 Å². The molecule has 0 spiro atoms. The summed E-state index contributed by atoms with van der Waals surface area (Å²) in [6.45, 7) is 0. The van der Waals surface area contributed by atoms with Crippen molar-refractivity contribution in [2.24, 2.45) is 0 Å². The SMILES string of the molecule is Bc1ccc(O)c(-c2noc(-c3cccc(Cl)c3)n2)c1. The summed E-state index contributed by atoms with van der Waals surface area (Å²) in [5.41, 5.74) is 2.29. The van der Waals surface area contributed by atoms with Crippen LogP contribution in [0.15, 0.2) is 47.0 Å². The van der Waals surface area contributed by atoms with E-state index >= 15 is 0 Å². The van der Waals surface area contributed by atoms with E-state index in [1.807, 2.05) is 32.1 Å². The number of aromatic hydroxyl groups is 1. The molecular formula is C14H10BClN2O2. The second kappa shape index (κ2) is 5.02. The minimum atomic E-state index is 0.119. The lowest BCUT2D eigenvalue weighted by Crippen LogP contribution is -2.01. The maximum absolute atomic E-state index is 9.87. The van der Waals surface area contributed by atoms with Gasteiger partial charge in [-0.1, -0.05) is 40.4 Å². The Morgan fingerprint density at radius 1 is 1.15 bits per heavy atom. The number of rotatable bonds is 2. The molecule has 0 saturated carbocycles. The molecule has 2 aromatic carbocycles. The molecule has 0 aliphatic carbocycles. The predicted molar refractivity (Wildman–Crippen MR) is 80.0 cm³/mol. The zero-order valence-corrected chi connectivity index (χ0v) is 11.4. The van der Waals surface area contributed by atoms with Gasteiger partial charge in [0.2, 0.25) is 5.82 Å². The monoisotopic (exact) mass is 284 g/mol. The van der Waals surface area contributed by atoms with Gasteiger partial charge in [0.1, 0.15) is 13.6 Å². The minimum Gasteiger partial charge on any atom is -0.507 e. The third-order valence-electron chi connectivity index (χ3n) is 2.89. The van der Waals surface area contributed by atoms with Crippen molar-refractivity contribution in [2.45, 2.75) is 0 Å². The van der Waals surface area contributed by atoms with Gasteiger partial charge in [-0.15, -0.1) is 0 Å². The van der Waals surface area contributed by atoms with Crippen molar-refractivity contribution in [1.29, 1.82) is 0 Å². The van der Waals surface area contributed by atoms with E-state index in [-0.39, 0.29) is 5.75 Å². The summed E-state index contributed by atoms with van der Waals surface area (Å²) in [4.78, 5) is 4.30. The third-order valence-corrected chi connectivity index (χ3v) is 3.13. The summed E-state index contributed by atoms with van der Waals surface area (Å²) in [7, 11) is 1.93. The highest BCUT2D eigenvalue weighted by Crippen LogP contribution is 2.28. The first kappa shape index (κ1) is 12.8. The van der Waals surface area contributed by atoms with E-state index in [1.54, 1.807) is 18.2 Å². The average molecular weight is 285 g/mol. The summed E-state index contributed by atoms with van der Waals surface area (Å²) in [5.74, 6) is 0.832. The number of benzene rings is 2. The van der Waals surface area contributed by atoms with Crippen molar-refractivity contribution in [1.82, 2.24) is 10.1 Å². The van der Waals surface area contributed by atoms with Crippen LogP contribution >= 0.6 is 11.6 Å². The van der Waals surface area contributed by atoms with Gasteiger partial charge in [0.15, 0.2) is 0 Å². The molecule has 20 heavy (non-hydrogen) atoms. The zero-order valence-electron chi connectivity index (χ0n) is 10.7. The molecule has 98 valence electrons. The van der Waals surface area contributed by atoms with Gasteiger partial charge < -0.3 is 9.63 Å². The van der Waals surface area contributed by atoms with Gasteiger partial charge in [-0.3, -0.25) is 0 Å². The Bertz CT molecular complexity index is 773. The Hall–Kier alpha value is -2.27. The van der Waals surface area contributed by atoms with Gasteiger partial charge in [-0.05, 0) is 24.3 Å². The van der Waals surface area contributed by atoms with Crippen molar-refractivity contribution >= 4 is 24.9 Å². The van der Waals surface area contributed by atoms with Crippen LogP contribution in [0.2, 0.25) is 5.02 Å². The van der Waals surface area contributed by atoms with Crippen molar-refractivity contribution in [3.05, 3.63) is 47.5 Å². The Labute approximate surface area is 121 Å². The van der Waals surface area contributed by atoms with Gasteiger partial charge >= 0.3 is 0 Å². The molecule has 3 aromatic rings. The Balaban J connectivity index is 2.04. The van der Waals surface area contributed by atoms with Gasteiger partial charge in [0.25, 0.3) is 5.89 Å². The first-order valence-electron chi connectivity index (χ1n) is 6.03. The molecule has 0 amide bonds. The molecule has 0 aliphatic rings. The molecule has 1 aromatic heterocycles. The van der Waals surface area contributed by atoms with Crippen LogP contribution in [0.1, 0.15) is 0 Å². The van der Waals surface area contributed by atoms with Crippen LogP contribution < -0.4 is 5.46 Å². The smallest absolute Gasteiger partial charge is 0.258 e. The lowest BCUT2D eigenvalue weighted by atomic mass is 9.94. The highest BCUT2D eigenvalue weighted by Gasteiger charge is 2.14. The van der Waals surface area contributed by atoms with Gasteiger partial charge in [-0.25, -0.2) is 0 Å². The first-order chi connectivity index (χ1) is 9.63. The molecule has 3 rings (SSSR count). The molecule has 6 heteroatoms. The van der Waals surface area contributed by atoms with E-state index in [2.05, 4.69) is 10.1 Å². The number of phenolic OH excluding ortho intramolecular Hbond substituents is 1. The van der Waals surface area contributed by atoms with Crippen LogP contribution in [0.5, 0.6) is 5.75 Å². The van der Waals surface area contributed by atoms with E-state index in [0.29, 0.717) is 22.3 Å². The number of halogens is 1. The quantitative estimate of drug-likeness (QED) is 0.732. The second-order valence-corrected chi connectivity index (χ2v) is 4.89. The summed E-state index contributed by atoms with van der Waals surface area (Å²) >= 11 is 5.93. The van der Waals surface area contributed by atoms with E-state index in [1.165, 1.54) is 0 Å². The van der Waals surface area contributed by atoms with Crippen molar-refractivity contribution in [2.75, 3.05) is 0 Å². The maximum Gasteiger partial charge on any atom is 0.258 e. The van der Waals surface area contributed by atoms with Gasteiger partial charge in [-0.2, -0.15) is 4.98 Å². The largest absolute Gasteiger partial charge is 0.507 e. The third kappa shape index (κ3) is 2.40. The van der Waals surface area contributed by atoms with E-state index < -0.39 is 0 Å². The number of hydrogen-bond donors (Lipinski definition) is 1. The molecule has 1 N–H and O–H groups in total. The first-order valence-corrected chi connectivity index (χ1v) is 6.41. The molecule has 0 aliphatic heterocycles. The fourth-order valence-electron chi connectivity index (χ4n) is 1.90. The molecule has 0 radical (unpaired) electrons. The summed E-state index contributed by atoms with van der Waals surface area (Å²) < 4.78 is 5.22.